The Morgan fingerprint density at radius 3 is 2.15 bits per heavy atom. The number of hydrogen-bond acceptors (Lipinski definition) is 3. The van der Waals surface area contributed by atoms with E-state index in [0.717, 1.165) is 32.5 Å². The Labute approximate surface area is 191 Å². The Bertz CT molecular complexity index is 1600. The third-order valence-electron chi connectivity index (χ3n) is 5.22. The highest BCUT2D eigenvalue weighted by molar-refractivity contribution is 7.86. The molecule has 0 aliphatic carbocycles. The zero-order chi connectivity index (χ0) is 24.0. The van der Waals surface area contributed by atoms with E-state index in [1.807, 2.05) is 12.1 Å². The number of pyridine rings is 1. The van der Waals surface area contributed by atoms with Gasteiger partial charge in [0.2, 0.25) is 11.0 Å². The van der Waals surface area contributed by atoms with Crippen LogP contribution in [0.4, 0.5) is 13.2 Å². The molecule has 0 amide bonds. The van der Waals surface area contributed by atoms with E-state index >= 15 is 0 Å². The molecule has 0 atom stereocenters. The number of benzene rings is 3. The molecular weight excluding hydrogens is 477 g/mol. The molecule has 0 fully saturated rings. The second kappa shape index (κ2) is 8.33. The number of H-pyrrole nitrogens is 1. The van der Waals surface area contributed by atoms with Gasteiger partial charge in [0.1, 0.15) is 12.6 Å². The number of aromatic nitrogens is 2. The lowest BCUT2D eigenvalue weighted by atomic mass is 10.0. The highest BCUT2D eigenvalue weighted by Crippen LogP contribution is 2.34. The molecule has 0 bridgehead atoms. The number of nitrogens with zero attached hydrogens (tertiary/aromatic N) is 1. The van der Waals surface area contributed by atoms with Gasteiger partial charge in [0.25, 0.3) is 0 Å². The van der Waals surface area contributed by atoms with Gasteiger partial charge in [0, 0.05) is 6.07 Å². The summed E-state index contributed by atoms with van der Waals surface area (Å²) in [6.45, 7) is 0. The maximum Gasteiger partial charge on any atom is 0.485 e. The van der Waals surface area contributed by atoms with Gasteiger partial charge in [0.15, 0.2) is 10.1 Å². The quantitative estimate of drug-likeness (QED) is 0.186. The molecule has 5 rings (SSSR count). The molecule has 0 unspecified atom stereocenters. The van der Waals surface area contributed by atoms with Crippen LogP contribution in [0.3, 0.4) is 0 Å². The van der Waals surface area contributed by atoms with Crippen LogP contribution >= 0.6 is 11.6 Å². The van der Waals surface area contributed by atoms with Crippen molar-refractivity contribution in [3.63, 3.8) is 0 Å². The molecular formula is C23H16ClF3N2O3S. The number of halogens is 4. The first-order chi connectivity index (χ1) is 15.5. The minimum Gasteiger partial charge on any atom is -0.741 e. The van der Waals surface area contributed by atoms with Crippen LogP contribution in [0, 0.1) is 0 Å². The molecule has 5 nitrogen and oxygen atoms in total. The largest absolute Gasteiger partial charge is 0.741 e. The van der Waals surface area contributed by atoms with Crippen molar-refractivity contribution in [2.24, 2.45) is 7.05 Å². The maximum absolute atomic E-state index is 10.7. The predicted molar refractivity (Wildman–Crippen MR) is 121 cm³/mol. The number of para-hydroxylation sites is 1. The Morgan fingerprint density at radius 2 is 1.52 bits per heavy atom. The lowest BCUT2D eigenvalue weighted by Crippen LogP contribution is -2.29. The highest BCUT2D eigenvalue weighted by atomic mass is 35.5. The van der Waals surface area contributed by atoms with Gasteiger partial charge >= 0.3 is 5.51 Å². The minimum absolute atomic E-state index is 0.779. The summed E-state index contributed by atoms with van der Waals surface area (Å²) in [6, 6.07) is 25.2. The molecule has 0 aliphatic heterocycles. The second-order valence-corrected chi connectivity index (χ2v) is 9.01. The molecule has 0 saturated heterocycles. The maximum atomic E-state index is 10.7. The monoisotopic (exact) mass is 492 g/mol. The van der Waals surface area contributed by atoms with Crippen LogP contribution in [0.2, 0.25) is 5.02 Å². The summed E-state index contributed by atoms with van der Waals surface area (Å²) in [6.07, 6.45) is 0. The molecule has 3 aromatic carbocycles. The standard InChI is InChI=1S/C22H15ClN2.CHF3O3S/c1-25-19-10-6-5-9-16(19)20(23)21-22(25)17-13-15(11-12-18(17)24-21)14-7-3-2-4-8-14;2-1(3,4)8(5,6)7/h2-13H,1H3;(H,5,6,7). The number of alkyl halides is 3. The van der Waals surface area contributed by atoms with Gasteiger partial charge in [-0.3, -0.25) is 0 Å². The fourth-order valence-electron chi connectivity index (χ4n) is 3.70. The van der Waals surface area contributed by atoms with Crippen molar-refractivity contribution in [3.8, 4) is 11.1 Å². The van der Waals surface area contributed by atoms with Gasteiger partial charge in [-0.1, -0.05) is 60.1 Å². The average Bonchev–Trinajstić information content (AvgIpc) is 3.16. The fraction of sp³-hybridized carbons (Fsp3) is 0.0870. The first kappa shape index (κ1) is 23.0. The van der Waals surface area contributed by atoms with E-state index in [-0.39, 0.29) is 0 Å². The third-order valence-corrected chi connectivity index (χ3v) is 6.18. The van der Waals surface area contributed by atoms with E-state index in [1.165, 1.54) is 16.5 Å². The van der Waals surface area contributed by atoms with Crippen molar-refractivity contribution >= 4 is 54.6 Å². The predicted octanol–water partition coefficient (Wildman–Crippen LogP) is 5.67. The van der Waals surface area contributed by atoms with Crippen LogP contribution in [-0.4, -0.2) is 23.5 Å². The zero-order valence-electron chi connectivity index (χ0n) is 17.0. The summed E-state index contributed by atoms with van der Waals surface area (Å²) in [7, 11) is -3.99. The number of aromatic amines is 1. The lowest BCUT2D eigenvalue weighted by Gasteiger charge is -2.08. The van der Waals surface area contributed by atoms with Crippen molar-refractivity contribution in [3.05, 3.63) is 77.8 Å². The summed E-state index contributed by atoms with van der Waals surface area (Å²) < 4.78 is 61.1. The van der Waals surface area contributed by atoms with Crippen LogP contribution < -0.4 is 4.57 Å². The van der Waals surface area contributed by atoms with Gasteiger partial charge in [-0.05, 0) is 29.3 Å². The molecule has 2 aromatic heterocycles. The van der Waals surface area contributed by atoms with Crippen LogP contribution in [0.1, 0.15) is 0 Å². The Morgan fingerprint density at radius 1 is 0.909 bits per heavy atom. The SMILES string of the molecule is C[n+]1c2ccccc2c(Cl)c2[nH]c3ccc(-c4ccccc4)cc3c21.O=S(=O)([O-])C(F)(F)F. The molecule has 170 valence electrons. The molecule has 0 saturated carbocycles. The van der Waals surface area contributed by atoms with Crippen molar-refractivity contribution in [2.75, 3.05) is 0 Å². The first-order valence-electron chi connectivity index (χ1n) is 9.58. The van der Waals surface area contributed by atoms with Crippen LogP contribution in [0.25, 0.3) is 44.0 Å². The number of fused-ring (bicyclic) bond motifs is 4. The Hall–Kier alpha value is -3.14. The van der Waals surface area contributed by atoms with Crippen molar-refractivity contribution < 1.29 is 30.7 Å². The molecule has 0 spiro atoms. The number of aryl methyl sites for hydroxylation is 1. The second-order valence-electron chi connectivity index (χ2n) is 7.27. The molecule has 1 N–H and O–H groups in total. The summed E-state index contributed by atoms with van der Waals surface area (Å²) >= 11 is 6.73. The van der Waals surface area contributed by atoms with E-state index in [1.54, 1.807) is 0 Å². The normalized spacial score (nSPS) is 12.2. The van der Waals surface area contributed by atoms with E-state index in [2.05, 4.69) is 77.3 Å². The highest BCUT2D eigenvalue weighted by Gasteiger charge is 2.36. The van der Waals surface area contributed by atoms with Crippen LogP contribution in [0.15, 0.2) is 72.8 Å². The molecule has 5 aromatic rings. The topological polar surface area (TPSA) is 76.9 Å². The van der Waals surface area contributed by atoms with Crippen molar-refractivity contribution in [2.45, 2.75) is 5.51 Å². The van der Waals surface area contributed by atoms with Gasteiger partial charge in [0.05, 0.1) is 21.3 Å². The Balaban J connectivity index is 0.000000281. The van der Waals surface area contributed by atoms with E-state index < -0.39 is 15.6 Å². The van der Waals surface area contributed by atoms with Crippen LogP contribution in [-0.2, 0) is 17.2 Å². The molecule has 0 aliphatic rings. The van der Waals surface area contributed by atoms with E-state index in [0.29, 0.717) is 0 Å². The average molecular weight is 493 g/mol. The van der Waals surface area contributed by atoms with Crippen molar-refractivity contribution in [1.82, 2.24) is 4.98 Å². The molecule has 0 radical (unpaired) electrons. The minimum atomic E-state index is -6.09. The summed E-state index contributed by atoms with van der Waals surface area (Å²) in [4.78, 5) is 3.51. The first-order valence-corrected chi connectivity index (χ1v) is 11.4. The van der Waals surface area contributed by atoms with Gasteiger partial charge < -0.3 is 9.54 Å². The number of nitrogens with one attached hydrogen (secondary N) is 1. The van der Waals surface area contributed by atoms with Crippen LogP contribution in [0.5, 0.6) is 0 Å². The van der Waals surface area contributed by atoms with E-state index in [9.17, 15) is 13.2 Å². The molecule has 2 heterocycles. The third kappa shape index (κ3) is 4.27. The summed E-state index contributed by atoms with van der Waals surface area (Å²) in [5.74, 6) is 0. The number of rotatable bonds is 1. The van der Waals surface area contributed by atoms with Crippen molar-refractivity contribution in [1.29, 1.82) is 0 Å². The lowest BCUT2D eigenvalue weighted by molar-refractivity contribution is -0.616. The molecule has 33 heavy (non-hydrogen) atoms. The summed E-state index contributed by atoms with van der Waals surface area (Å²) in [5.41, 5.74) is 1.13. The zero-order valence-corrected chi connectivity index (χ0v) is 18.6. The number of hydrogen-bond donors (Lipinski definition) is 1. The fourth-order valence-corrected chi connectivity index (χ4v) is 4.00. The molecule has 10 heteroatoms. The van der Waals surface area contributed by atoms with E-state index in [4.69, 9.17) is 24.6 Å². The van der Waals surface area contributed by atoms with Gasteiger partial charge in [-0.15, -0.1) is 0 Å². The summed E-state index contributed by atoms with van der Waals surface area (Å²) in [5, 5.41) is 3.03. The van der Waals surface area contributed by atoms with Gasteiger partial charge in [-0.2, -0.15) is 17.7 Å². The smallest absolute Gasteiger partial charge is 0.485 e. The Kier molecular flexibility index (Phi) is 5.81. The van der Waals surface area contributed by atoms with Gasteiger partial charge in [-0.25, -0.2) is 8.42 Å².